The molecule has 142 valence electrons. The number of nitrogens with zero attached hydrogens (tertiary/aromatic N) is 2. The lowest BCUT2D eigenvalue weighted by Crippen LogP contribution is -2.10. The Balaban J connectivity index is 2.07. The maximum atomic E-state index is 12.5. The number of oxazole rings is 1. The Hall–Kier alpha value is -2.40. The quantitative estimate of drug-likeness (QED) is 0.457. The summed E-state index contributed by atoms with van der Waals surface area (Å²) in [6.45, 7) is 1.41. The topological polar surface area (TPSA) is 90.1 Å². The van der Waals surface area contributed by atoms with Gasteiger partial charge in [-0.2, -0.15) is 13.2 Å². The molecule has 3 aromatic rings. The van der Waals surface area contributed by atoms with Crippen molar-refractivity contribution in [3.63, 3.8) is 0 Å². The number of hydrogen-bond acceptors (Lipinski definition) is 7. The van der Waals surface area contributed by atoms with Gasteiger partial charge in [-0.05, 0) is 42.1 Å². The van der Waals surface area contributed by atoms with E-state index in [2.05, 4.69) is 9.97 Å². The van der Waals surface area contributed by atoms with Gasteiger partial charge in [-0.3, -0.25) is 4.79 Å². The fourth-order valence-electron chi connectivity index (χ4n) is 2.26. The van der Waals surface area contributed by atoms with Crippen LogP contribution in [0.25, 0.3) is 22.7 Å². The third-order valence-electron chi connectivity index (χ3n) is 3.50. The number of aromatic nitrogens is 2. The van der Waals surface area contributed by atoms with Gasteiger partial charge in [-0.1, -0.05) is 6.92 Å². The number of aldehydes is 1. The Bertz CT molecular complexity index is 1120. The van der Waals surface area contributed by atoms with E-state index in [1.165, 1.54) is 37.3 Å². The maximum Gasteiger partial charge on any atom is 0.446 e. The number of hydrogen-bond donors (Lipinski definition) is 0. The van der Waals surface area contributed by atoms with Gasteiger partial charge < -0.3 is 4.42 Å². The molecule has 0 saturated heterocycles. The van der Waals surface area contributed by atoms with E-state index in [1.54, 1.807) is 0 Å². The molecular weight excluding hydrogens is 405 g/mol. The van der Waals surface area contributed by atoms with Crippen molar-refractivity contribution < 1.29 is 30.8 Å². The largest absolute Gasteiger partial charge is 0.446 e. The Kier molecular flexibility index (Phi) is 5.00. The summed E-state index contributed by atoms with van der Waals surface area (Å²) in [5.41, 5.74) is -4.09. The third kappa shape index (κ3) is 4.14. The molecule has 6 nitrogen and oxygen atoms in total. The number of thioether (sulfide) groups is 1. The SMILES string of the molecule is CCS(=O)(=O)c1nc(-c2nc3cc(SC(F)(F)F)ccc3o2)ccc1C=O. The van der Waals surface area contributed by atoms with E-state index >= 15 is 0 Å². The highest BCUT2D eigenvalue weighted by Crippen LogP contribution is 2.38. The number of pyridine rings is 1. The molecule has 0 radical (unpaired) electrons. The summed E-state index contributed by atoms with van der Waals surface area (Å²) in [4.78, 5) is 19.1. The van der Waals surface area contributed by atoms with Gasteiger partial charge in [0, 0.05) is 4.90 Å². The minimum atomic E-state index is -4.43. The molecule has 0 aliphatic rings. The molecule has 3 rings (SSSR count). The monoisotopic (exact) mass is 416 g/mol. The second kappa shape index (κ2) is 6.97. The summed E-state index contributed by atoms with van der Waals surface area (Å²) in [6, 6.07) is 6.42. The standard InChI is InChI=1S/C16H11F3N2O4S2/c1-2-27(23,24)15-9(8-22)3-5-11(21-15)14-20-12-7-10(26-16(17,18)19)4-6-13(12)25-14/h3-8H,2H2,1H3. The molecule has 0 aliphatic heterocycles. The maximum absolute atomic E-state index is 12.5. The van der Waals surface area contributed by atoms with Crippen LogP contribution in [0.1, 0.15) is 17.3 Å². The van der Waals surface area contributed by atoms with Gasteiger partial charge in [0.05, 0.1) is 11.3 Å². The Morgan fingerprint density at radius 1 is 1.19 bits per heavy atom. The fourth-order valence-corrected chi connectivity index (χ4v) is 3.82. The highest BCUT2D eigenvalue weighted by Gasteiger charge is 2.29. The van der Waals surface area contributed by atoms with Gasteiger partial charge in [-0.15, -0.1) is 0 Å². The van der Waals surface area contributed by atoms with Crippen LogP contribution in [-0.4, -0.2) is 35.9 Å². The summed E-state index contributed by atoms with van der Waals surface area (Å²) in [7, 11) is -3.77. The van der Waals surface area contributed by atoms with Gasteiger partial charge in [0.1, 0.15) is 11.2 Å². The van der Waals surface area contributed by atoms with Gasteiger partial charge >= 0.3 is 5.51 Å². The van der Waals surface area contributed by atoms with Crippen LogP contribution in [0, 0.1) is 0 Å². The molecule has 0 unspecified atom stereocenters. The smallest absolute Gasteiger partial charge is 0.435 e. The lowest BCUT2D eigenvalue weighted by Gasteiger charge is -2.05. The second-order valence-electron chi connectivity index (χ2n) is 5.31. The van der Waals surface area contributed by atoms with E-state index in [9.17, 15) is 26.4 Å². The summed E-state index contributed by atoms with van der Waals surface area (Å²) in [5.74, 6) is -0.320. The third-order valence-corrected chi connectivity index (χ3v) is 5.90. The zero-order valence-electron chi connectivity index (χ0n) is 13.6. The number of halogens is 3. The molecule has 11 heteroatoms. The minimum absolute atomic E-state index is 0.0499. The van der Waals surface area contributed by atoms with Crippen molar-refractivity contribution in [2.75, 3.05) is 5.75 Å². The van der Waals surface area contributed by atoms with Crippen LogP contribution in [0.5, 0.6) is 0 Å². The Morgan fingerprint density at radius 3 is 2.56 bits per heavy atom. The summed E-state index contributed by atoms with van der Waals surface area (Å²) in [6.07, 6.45) is 0.381. The number of alkyl halides is 3. The van der Waals surface area contributed by atoms with Gasteiger partial charge in [0.2, 0.25) is 5.89 Å². The van der Waals surface area contributed by atoms with Crippen LogP contribution in [0.3, 0.4) is 0 Å². The van der Waals surface area contributed by atoms with Crippen molar-refractivity contribution in [1.29, 1.82) is 0 Å². The average molecular weight is 416 g/mol. The number of benzene rings is 1. The Labute approximate surface area is 155 Å². The van der Waals surface area contributed by atoms with Crippen LogP contribution < -0.4 is 0 Å². The van der Waals surface area contributed by atoms with Gasteiger partial charge in [-0.25, -0.2) is 18.4 Å². The Morgan fingerprint density at radius 2 is 1.93 bits per heavy atom. The lowest BCUT2D eigenvalue weighted by atomic mass is 10.2. The van der Waals surface area contributed by atoms with E-state index in [0.29, 0.717) is 6.29 Å². The molecule has 2 heterocycles. The normalized spacial score (nSPS) is 12.4. The van der Waals surface area contributed by atoms with Gasteiger partial charge in [0.15, 0.2) is 26.7 Å². The fraction of sp³-hybridized carbons (Fsp3) is 0.188. The number of carbonyl (C=O) groups excluding carboxylic acids is 1. The first-order chi connectivity index (χ1) is 12.6. The number of sulfone groups is 1. The second-order valence-corrected chi connectivity index (χ2v) is 8.64. The van der Waals surface area contributed by atoms with Crippen LogP contribution >= 0.6 is 11.8 Å². The lowest BCUT2D eigenvalue weighted by molar-refractivity contribution is -0.0328. The first kappa shape index (κ1) is 19.4. The van der Waals surface area contributed by atoms with E-state index < -0.39 is 20.4 Å². The molecule has 0 N–H and O–H groups in total. The van der Waals surface area contributed by atoms with E-state index in [1.807, 2.05) is 0 Å². The minimum Gasteiger partial charge on any atom is -0.435 e. The van der Waals surface area contributed by atoms with Crippen molar-refractivity contribution in [3.8, 4) is 11.6 Å². The number of carbonyl (C=O) groups is 1. The first-order valence-electron chi connectivity index (χ1n) is 7.48. The molecule has 0 fully saturated rings. The average Bonchev–Trinajstić information content (AvgIpc) is 3.03. The van der Waals surface area contributed by atoms with Crippen LogP contribution in [0.2, 0.25) is 0 Å². The summed E-state index contributed by atoms with van der Waals surface area (Å²) >= 11 is -0.281. The molecular formula is C16H11F3N2O4S2. The summed E-state index contributed by atoms with van der Waals surface area (Å²) < 4.78 is 67.2. The van der Waals surface area contributed by atoms with Crippen LogP contribution in [0.15, 0.2) is 44.7 Å². The van der Waals surface area contributed by atoms with Crippen molar-refractivity contribution in [2.45, 2.75) is 22.4 Å². The number of rotatable bonds is 5. The molecule has 0 saturated carbocycles. The molecule has 0 aliphatic carbocycles. The van der Waals surface area contributed by atoms with Gasteiger partial charge in [0.25, 0.3) is 0 Å². The van der Waals surface area contributed by atoms with Crippen LogP contribution in [0.4, 0.5) is 13.2 Å². The van der Waals surface area contributed by atoms with E-state index in [4.69, 9.17) is 4.42 Å². The molecule has 0 bridgehead atoms. The zero-order chi connectivity index (χ0) is 19.8. The molecule has 0 atom stereocenters. The molecule has 0 amide bonds. The molecule has 2 aromatic heterocycles. The van der Waals surface area contributed by atoms with E-state index in [0.717, 1.165) is 0 Å². The van der Waals surface area contributed by atoms with Crippen molar-refractivity contribution in [1.82, 2.24) is 9.97 Å². The predicted octanol–water partition coefficient (Wildman–Crippen LogP) is 4.11. The molecule has 1 aromatic carbocycles. The van der Waals surface area contributed by atoms with Crippen molar-refractivity contribution >= 4 is 39.0 Å². The predicted molar refractivity (Wildman–Crippen MR) is 92.3 cm³/mol. The summed E-state index contributed by atoms with van der Waals surface area (Å²) in [5, 5.41) is -0.395. The zero-order valence-corrected chi connectivity index (χ0v) is 15.3. The highest BCUT2D eigenvalue weighted by molar-refractivity contribution is 8.00. The molecule has 27 heavy (non-hydrogen) atoms. The van der Waals surface area contributed by atoms with Crippen molar-refractivity contribution in [2.24, 2.45) is 0 Å². The van der Waals surface area contributed by atoms with Crippen molar-refractivity contribution in [3.05, 3.63) is 35.9 Å². The first-order valence-corrected chi connectivity index (χ1v) is 9.95. The van der Waals surface area contributed by atoms with E-state index in [-0.39, 0.29) is 50.7 Å². The van der Waals surface area contributed by atoms with Crippen LogP contribution in [-0.2, 0) is 9.84 Å². The highest BCUT2D eigenvalue weighted by atomic mass is 32.2. The molecule has 0 spiro atoms. The number of fused-ring (bicyclic) bond motifs is 1.